The molecule has 0 bridgehead atoms. The van der Waals surface area contributed by atoms with Gasteiger partial charge in [-0.3, -0.25) is 32.5 Å². The topological polar surface area (TPSA) is 231 Å². The standard InChI is InChI=1S/C71H112O16P2/c1-4-7-10-13-16-19-22-25-28-31-32-35-37-39-42-45-48-51-54-57-69(74)81-60-66(72)61-83-88(77,78)84-62-67(73)63-85-89(79,80)86-65-68(87-71(76)59-56-53-50-47-44-41-38-34-30-27-24-21-18-15-12-9-6-3)64-82-70(75)58-55-52-49-46-43-40-36-33-29-26-23-20-17-14-11-8-5-2/h7-12,16-21,25-30,32,35-36,38,40-41,46-47,49-50,66-68,72-73H,4-6,13-15,22-24,31,33-34,37,39,42-45,48,51-65H2,1-3H3,(H,77,78)(H,79,80)/b10-7-,11-8-,12-9-,19-16-,20-17-,21-18-,28-25-,29-26-,30-27-,35-32-,40-36-,41-38-,49-46-,50-47-. The van der Waals surface area contributed by atoms with Crippen LogP contribution in [0, 0.1) is 0 Å². The minimum atomic E-state index is -4.96. The molecule has 0 aromatic heterocycles. The van der Waals surface area contributed by atoms with Gasteiger partial charge in [0.15, 0.2) is 6.10 Å². The molecule has 4 N–H and O–H groups in total. The van der Waals surface area contributed by atoms with Crippen LogP contribution in [0.15, 0.2) is 170 Å². The molecule has 502 valence electrons. The zero-order chi connectivity index (χ0) is 65.3. The van der Waals surface area contributed by atoms with Crippen molar-refractivity contribution in [2.45, 2.75) is 219 Å². The van der Waals surface area contributed by atoms with E-state index in [1.165, 1.54) is 0 Å². The van der Waals surface area contributed by atoms with E-state index in [1.54, 1.807) is 0 Å². The normalized spacial score (nSPS) is 15.4. The van der Waals surface area contributed by atoms with Crippen molar-refractivity contribution < 1.29 is 75.8 Å². The first kappa shape index (κ1) is 83.9. The third kappa shape index (κ3) is 64.3. The Morgan fingerprint density at radius 3 is 0.933 bits per heavy atom. The zero-order valence-electron chi connectivity index (χ0n) is 54.0. The van der Waals surface area contributed by atoms with Crippen LogP contribution in [0.25, 0.3) is 0 Å². The first-order chi connectivity index (χ1) is 43.2. The quantitative estimate of drug-likeness (QED) is 0.0146. The first-order valence-corrected chi connectivity index (χ1v) is 35.4. The van der Waals surface area contributed by atoms with Gasteiger partial charge in [0.1, 0.15) is 25.4 Å². The molecule has 89 heavy (non-hydrogen) atoms. The van der Waals surface area contributed by atoms with Crippen molar-refractivity contribution in [3.63, 3.8) is 0 Å². The molecule has 0 aromatic rings. The van der Waals surface area contributed by atoms with Crippen LogP contribution in [0.1, 0.15) is 201 Å². The van der Waals surface area contributed by atoms with Crippen LogP contribution in [0.3, 0.4) is 0 Å². The third-order valence-electron chi connectivity index (χ3n) is 12.4. The molecule has 0 rings (SSSR count). The molecule has 5 unspecified atom stereocenters. The lowest BCUT2D eigenvalue weighted by Gasteiger charge is -2.21. The minimum Gasteiger partial charge on any atom is -0.463 e. The van der Waals surface area contributed by atoms with Crippen LogP contribution in [0.4, 0.5) is 0 Å². The maximum absolute atomic E-state index is 12.9. The number of phosphoric acid groups is 2. The second-order valence-electron chi connectivity index (χ2n) is 20.8. The van der Waals surface area contributed by atoms with Crippen LogP contribution in [0.2, 0.25) is 0 Å². The molecule has 5 atom stereocenters. The summed E-state index contributed by atoms with van der Waals surface area (Å²) in [6, 6.07) is 0. The average molecular weight is 1280 g/mol. The smallest absolute Gasteiger partial charge is 0.463 e. The lowest BCUT2D eigenvalue weighted by molar-refractivity contribution is -0.161. The summed E-state index contributed by atoms with van der Waals surface area (Å²) in [5.74, 6) is -1.75. The largest absolute Gasteiger partial charge is 0.472 e. The summed E-state index contributed by atoms with van der Waals surface area (Å²) in [6.07, 6.45) is 77.1. The van der Waals surface area contributed by atoms with E-state index in [1.807, 2.05) is 24.3 Å². The fourth-order valence-corrected chi connectivity index (χ4v) is 9.16. The van der Waals surface area contributed by atoms with E-state index in [-0.39, 0.29) is 19.3 Å². The van der Waals surface area contributed by atoms with Gasteiger partial charge < -0.3 is 34.2 Å². The average Bonchev–Trinajstić information content (AvgIpc) is 3.67. The summed E-state index contributed by atoms with van der Waals surface area (Å²) >= 11 is 0. The summed E-state index contributed by atoms with van der Waals surface area (Å²) in [5.41, 5.74) is 0. The third-order valence-corrected chi connectivity index (χ3v) is 14.3. The number of carbonyl (C=O) groups is 3. The molecule has 0 heterocycles. The number of aliphatic hydroxyl groups excluding tert-OH is 2. The molecule has 0 aliphatic heterocycles. The van der Waals surface area contributed by atoms with Gasteiger partial charge in [-0.1, -0.05) is 217 Å². The fraction of sp³-hybridized carbons (Fsp3) is 0.563. The van der Waals surface area contributed by atoms with Gasteiger partial charge in [-0.05, 0) is 135 Å². The van der Waals surface area contributed by atoms with Gasteiger partial charge in [0.25, 0.3) is 0 Å². The van der Waals surface area contributed by atoms with E-state index in [0.29, 0.717) is 32.1 Å². The fourth-order valence-electron chi connectivity index (χ4n) is 7.57. The molecule has 0 aromatic carbocycles. The zero-order valence-corrected chi connectivity index (χ0v) is 55.8. The van der Waals surface area contributed by atoms with E-state index >= 15 is 0 Å². The number of unbranched alkanes of at least 4 members (excludes halogenated alkanes) is 8. The molecular weight excluding hydrogens is 1170 g/mol. The second kappa shape index (κ2) is 63.1. The Kier molecular flexibility index (Phi) is 59.5. The summed E-state index contributed by atoms with van der Waals surface area (Å²) in [6.45, 7) is 2.12. The van der Waals surface area contributed by atoms with Crippen molar-refractivity contribution in [2.75, 3.05) is 39.6 Å². The van der Waals surface area contributed by atoms with E-state index in [9.17, 15) is 43.5 Å². The van der Waals surface area contributed by atoms with Crippen molar-refractivity contribution >= 4 is 33.6 Å². The Balaban J connectivity index is 4.84. The van der Waals surface area contributed by atoms with Gasteiger partial charge in [0.05, 0.1) is 26.4 Å². The molecule has 0 saturated heterocycles. The predicted molar refractivity (Wildman–Crippen MR) is 362 cm³/mol. The number of hydrogen-bond acceptors (Lipinski definition) is 14. The van der Waals surface area contributed by atoms with Crippen molar-refractivity contribution in [3.05, 3.63) is 170 Å². The van der Waals surface area contributed by atoms with Gasteiger partial charge in [-0.2, -0.15) is 0 Å². The Morgan fingerprint density at radius 2 is 0.573 bits per heavy atom. The molecule has 0 radical (unpaired) electrons. The van der Waals surface area contributed by atoms with Gasteiger partial charge in [-0.15, -0.1) is 0 Å². The number of hydrogen-bond donors (Lipinski definition) is 4. The van der Waals surface area contributed by atoms with Crippen LogP contribution in [0.5, 0.6) is 0 Å². The van der Waals surface area contributed by atoms with Crippen LogP contribution in [-0.2, 0) is 55.8 Å². The Morgan fingerprint density at radius 1 is 0.315 bits per heavy atom. The van der Waals surface area contributed by atoms with E-state index in [4.69, 9.17) is 32.3 Å². The van der Waals surface area contributed by atoms with E-state index in [2.05, 4.69) is 167 Å². The number of esters is 3. The minimum absolute atomic E-state index is 0.00614. The summed E-state index contributed by atoms with van der Waals surface area (Å²) in [5, 5.41) is 20.5. The molecule has 0 amide bonds. The molecule has 0 saturated carbocycles. The SMILES string of the molecule is CC/C=C\C/C=C\C/C=C\C/C=C\C/C=C\CCCC(=O)OCC(COP(=O)(O)OCC(O)COP(=O)(O)OCC(O)COC(=O)CCCCCCCC/C=C\C/C=C\C/C=C\C/C=C\CC)OC(=O)CCC/C=C\C/C=C\C/C=C\C/C=C\C/C=C\CC. The first-order valence-electron chi connectivity index (χ1n) is 32.4. The number of rotatable bonds is 59. The van der Waals surface area contributed by atoms with E-state index < -0.39 is 91.5 Å². The molecular formula is C71H112O16P2. The number of ether oxygens (including phenoxy) is 3. The van der Waals surface area contributed by atoms with Crippen molar-refractivity contribution in [3.8, 4) is 0 Å². The van der Waals surface area contributed by atoms with Crippen molar-refractivity contribution in [1.82, 2.24) is 0 Å². The van der Waals surface area contributed by atoms with Crippen LogP contribution in [-0.4, -0.2) is 95.9 Å². The number of allylic oxidation sites excluding steroid dienone is 28. The Hall–Kier alpha value is -5.09. The predicted octanol–water partition coefficient (Wildman–Crippen LogP) is 17.7. The van der Waals surface area contributed by atoms with Gasteiger partial charge in [0.2, 0.25) is 0 Å². The van der Waals surface area contributed by atoms with Gasteiger partial charge >= 0.3 is 33.6 Å². The van der Waals surface area contributed by atoms with Crippen LogP contribution >= 0.6 is 15.6 Å². The highest BCUT2D eigenvalue weighted by atomic mass is 31.2. The second-order valence-corrected chi connectivity index (χ2v) is 23.7. The number of carbonyl (C=O) groups excluding carboxylic acids is 3. The monoisotopic (exact) mass is 1280 g/mol. The molecule has 0 fully saturated rings. The highest BCUT2D eigenvalue weighted by Gasteiger charge is 2.29. The number of phosphoric ester groups is 2. The maximum Gasteiger partial charge on any atom is 0.472 e. The van der Waals surface area contributed by atoms with E-state index in [0.717, 1.165) is 128 Å². The molecule has 0 aliphatic carbocycles. The molecule has 0 spiro atoms. The summed E-state index contributed by atoms with van der Waals surface area (Å²) in [4.78, 5) is 58.3. The Bertz CT molecular complexity index is 2300. The van der Waals surface area contributed by atoms with Crippen molar-refractivity contribution in [1.29, 1.82) is 0 Å². The van der Waals surface area contributed by atoms with Crippen molar-refractivity contribution in [2.24, 2.45) is 0 Å². The lowest BCUT2D eigenvalue weighted by atomic mass is 10.1. The van der Waals surface area contributed by atoms with Crippen LogP contribution < -0.4 is 0 Å². The summed E-state index contributed by atoms with van der Waals surface area (Å²) < 4.78 is 60.7. The van der Waals surface area contributed by atoms with Gasteiger partial charge in [0, 0.05) is 19.3 Å². The highest BCUT2D eigenvalue weighted by molar-refractivity contribution is 7.47. The molecule has 18 heteroatoms. The lowest BCUT2D eigenvalue weighted by Crippen LogP contribution is -2.30. The highest BCUT2D eigenvalue weighted by Crippen LogP contribution is 2.45. The van der Waals surface area contributed by atoms with Gasteiger partial charge in [-0.25, -0.2) is 9.13 Å². The maximum atomic E-state index is 12.9. The molecule has 0 aliphatic rings. The Labute approximate surface area is 535 Å². The molecule has 16 nitrogen and oxygen atoms in total. The summed E-state index contributed by atoms with van der Waals surface area (Å²) in [7, 11) is -9.83. The number of aliphatic hydroxyl groups is 2.